The number of unbranched alkanes of at least 4 members (excludes halogenated alkanes) is 3. The van der Waals surface area contributed by atoms with Crippen molar-refractivity contribution < 1.29 is 0 Å². The van der Waals surface area contributed by atoms with Crippen LogP contribution in [0.5, 0.6) is 0 Å². The van der Waals surface area contributed by atoms with Gasteiger partial charge in [-0.25, -0.2) is 0 Å². The fourth-order valence-corrected chi connectivity index (χ4v) is 7.22. The molecule has 2 fully saturated rings. The van der Waals surface area contributed by atoms with Gasteiger partial charge in [-0.15, -0.1) is 6.58 Å². The average Bonchev–Trinajstić information content (AvgIpc) is 2.79. The Morgan fingerprint density at radius 1 is 0.867 bits per heavy atom. The zero-order chi connectivity index (χ0) is 20.8. The van der Waals surface area contributed by atoms with Gasteiger partial charge in [0.25, 0.3) is 0 Å². The number of rotatable bonds is 9. The molecule has 166 valence electrons. The van der Waals surface area contributed by atoms with Gasteiger partial charge in [-0.05, 0) is 123 Å². The van der Waals surface area contributed by atoms with Crippen LogP contribution in [0.25, 0.3) is 0 Å². The molecule has 0 heterocycles. The lowest BCUT2D eigenvalue weighted by Crippen LogP contribution is -2.35. The molecule has 0 heteroatoms. The van der Waals surface area contributed by atoms with Gasteiger partial charge in [0, 0.05) is 0 Å². The first-order chi connectivity index (χ1) is 14.8. The van der Waals surface area contributed by atoms with Crippen LogP contribution < -0.4 is 0 Å². The minimum Gasteiger partial charge on any atom is -0.103 e. The lowest BCUT2D eigenvalue weighted by atomic mass is 9.61. The van der Waals surface area contributed by atoms with Gasteiger partial charge in [0.1, 0.15) is 0 Å². The summed E-state index contributed by atoms with van der Waals surface area (Å²) < 4.78 is 0. The van der Waals surface area contributed by atoms with Crippen LogP contribution >= 0.6 is 0 Å². The van der Waals surface area contributed by atoms with Crippen LogP contribution in [0.1, 0.15) is 107 Å². The Hall–Kier alpha value is -1.04. The number of benzene rings is 1. The molecule has 3 aliphatic rings. The van der Waals surface area contributed by atoms with Gasteiger partial charge in [0.2, 0.25) is 0 Å². The third-order valence-electron chi connectivity index (χ3n) is 9.06. The van der Waals surface area contributed by atoms with Gasteiger partial charge in [-0.3, -0.25) is 0 Å². The largest absolute Gasteiger partial charge is 0.103 e. The van der Waals surface area contributed by atoms with E-state index in [1.807, 2.05) is 0 Å². The van der Waals surface area contributed by atoms with Crippen molar-refractivity contribution in [2.45, 2.75) is 110 Å². The molecule has 1 aromatic carbocycles. The number of aryl methyl sites for hydroxylation is 2. The molecule has 4 rings (SSSR count). The maximum Gasteiger partial charge on any atom is -0.0245 e. The van der Waals surface area contributed by atoms with Crippen molar-refractivity contribution in [3.8, 4) is 0 Å². The topological polar surface area (TPSA) is 0 Å². The highest BCUT2D eigenvalue weighted by atomic mass is 14.4. The van der Waals surface area contributed by atoms with Crippen molar-refractivity contribution in [2.75, 3.05) is 0 Å². The molecule has 0 aliphatic heterocycles. The minimum absolute atomic E-state index is 0.965. The summed E-state index contributed by atoms with van der Waals surface area (Å²) >= 11 is 0. The Morgan fingerprint density at radius 2 is 1.67 bits per heavy atom. The molecule has 1 aromatic rings. The Balaban J connectivity index is 1.28. The standard InChI is InChI=1S/C30H46/c1-3-5-7-8-10-24-12-14-28-22-30(18-16-26(28)20-24)29-17-15-25-19-23(9-6-4-2)11-13-27(25)21-29/h4,12,14,20,23,25,27,29-30H,2-3,5-11,13,15-19,21-22H2,1H3. The van der Waals surface area contributed by atoms with E-state index in [-0.39, 0.29) is 0 Å². The highest BCUT2D eigenvalue weighted by Gasteiger charge is 2.38. The summed E-state index contributed by atoms with van der Waals surface area (Å²) in [6, 6.07) is 7.53. The van der Waals surface area contributed by atoms with E-state index in [4.69, 9.17) is 0 Å². The zero-order valence-corrected chi connectivity index (χ0v) is 19.7. The second kappa shape index (κ2) is 11.0. The summed E-state index contributed by atoms with van der Waals surface area (Å²) in [4.78, 5) is 0. The lowest BCUT2D eigenvalue weighted by molar-refractivity contribution is 0.0699. The smallest absolute Gasteiger partial charge is 0.0245 e. The molecule has 0 N–H and O–H groups in total. The van der Waals surface area contributed by atoms with Crippen LogP contribution in [-0.4, -0.2) is 0 Å². The number of hydrogen-bond acceptors (Lipinski definition) is 0. The second-order valence-electron chi connectivity index (χ2n) is 11.1. The molecule has 3 aliphatic carbocycles. The summed E-state index contributed by atoms with van der Waals surface area (Å²) in [6.07, 6.45) is 24.8. The monoisotopic (exact) mass is 406 g/mol. The zero-order valence-electron chi connectivity index (χ0n) is 19.7. The van der Waals surface area contributed by atoms with Crippen LogP contribution in [0, 0.1) is 29.6 Å². The average molecular weight is 407 g/mol. The van der Waals surface area contributed by atoms with E-state index >= 15 is 0 Å². The molecular formula is C30H46. The van der Waals surface area contributed by atoms with Gasteiger partial charge in [-0.2, -0.15) is 0 Å². The number of allylic oxidation sites excluding steroid dienone is 1. The van der Waals surface area contributed by atoms with Crippen molar-refractivity contribution in [3.05, 3.63) is 47.5 Å². The van der Waals surface area contributed by atoms with Crippen LogP contribution in [0.3, 0.4) is 0 Å². The fourth-order valence-electron chi connectivity index (χ4n) is 7.22. The highest BCUT2D eigenvalue weighted by molar-refractivity contribution is 5.34. The number of fused-ring (bicyclic) bond motifs is 2. The van der Waals surface area contributed by atoms with Crippen molar-refractivity contribution in [1.29, 1.82) is 0 Å². The van der Waals surface area contributed by atoms with Gasteiger partial charge < -0.3 is 0 Å². The van der Waals surface area contributed by atoms with E-state index < -0.39 is 0 Å². The number of hydrogen-bond donors (Lipinski definition) is 0. The van der Waals surface area contributed by atoms with Crippen LogP contribution in [0.2, 0.25) is 0 Å². The summed E-state index contributed by atoms with van der Waals surface area (Å²) in [6.45, 7) is 6.23. The highest BCUT2D eigenvalue weighted by Crippen LogP contribution is 2.49. The van der Waals surface area contributed by atoms with Gasteiger partial charge >= 0.3 is 0 Å². The predicted octanol–water partition coefficient (Wildman–Crippen LogP) is 8.71. The summed E-state index contributed by atoms with van der Waals surface area (Å²) in [5.41, 5.74) is 4.98. The van der Waals surface area contributed by atoms with Crippen LogP contribution in [0.4, 0.5) is 0 Å². The Kier molecular flexibility index (Phi) is 8.14. The van der Waals surface area contributed by atoms with E-state index in [0.717, 1.165) is 29.6 Å². The molecule has 0 saturated heterocycles. The predicted molar refractivity (Wildman–Crippen MR) is 131 cm³/mol. The van der Waals surface area contributed by atoms with Crippen molar-refractivity contribution in [2.24, 2.45) is 29.6 Å². The molecule has 0 radical (unpaired) electrons. The third-order valence-corrected chi connectivity index (χ3v) is 9.06. The van der Waals surface area contributed by atoms with Crippen molar-refractivity contribution in [1.82, 2.24) is 0 Å². The molecule has 5 unspecified atom stereocenters. The summed E-state index contributed by atoms with van der Waals surface area (Å²) in [5.74, 6) is 5.08. The summed E-state index contributed by atoms with van der Waals surface area (Å²) in [7, 11) is 0. The molecule has 30 heavy (non-hydrogen) atoms. The third kappa shape index (κ3) is 5.60. The molecule has 0 aromatic heterocycles. The Labute approximate surface area is 186 Å². The van der Waals surface area contributed by atoms with Crippen molar-refractivity contribution >= 4 is 0 Å². The molecule has 0 nitrogen and oxygen atoms in total. The first kappa shape index (κ1) is 22.2. The molecule has 0 bridgehead atoms. The van der Waals surface area contributed by atoms with E-state index in [0.29, 0.717) is 0 Å². The normalized spacial score (nSPS) is 31.0. The van der Waals surface area contributed by atoms with E-state index in [1.54, 1.807) is 23.1 Å². The molecule has 0 amide bonds. The van der Waals surface area contributed by atoms with Crippen LogP contribution in [-0.2, 0) is 19.3 Å². The van der Waals surface area contributed by atoms with E-state index in [1.165, 1.54) is 96.3 Å². The maximum atomic E-state index is 3.93. The SMILES string of the molecule is C=CCCC1CCC2CC(C3CCc4cc(CCCCCC)ccc4C3)CCC2C1. The fraction of sp³-hybridized carbons (Fsp3) is 0.733. The molecule has 5 atom stereocenters. The lowest BCUT2D eigenvalue weighted by Gasteiger charge is -2.45. The molecular weight excluding hydrogens is 360 g/mol. The van der Waals surface area contributed by atoms with Gasteiger partial charge in [0.05, 0.1) is 0 Å². The van der Waals surface area contributed by atoms with E-state index in [9.17, 15) is 0 Å². The Morgan fingerprint density at radius 3 is 2.50 bits per heavy atom. The Bertz CT molecular complexity index is 671. The molecule has 2 saturated carbocycles. The minimum atomic E-state index is 0.965. The quantitative estimate of drug-likeness (QED) is 0.284. The first-order valence-corrected chi connectivity index (χ1v) is 13.5. The molecule has 0 spiro atoms. The van der Waals surface area contributed by atoms with Gasteiger partial charge in [-0.1, -0.05) is 56.9 Å². The first-order valence-electron chi connectivity index (χ1n) is 13.5. The maximum absolute atomic E-state index is 3.93. The van der Waals surface area contributed by atoms with Crippen molar-refractivity contribution in [3.63, 3.8) is 0 Å². The second-order valence-corrected chi connectivity index (χ2v) is 11.1. The van der Waals surface area contributed by atoms with Gasteiger partial charge in [0.15, 0.2) is 0 Å². The van der Waals surface area contributed by atoms with E-state index in [2.05, 4.69) is 37.8 Å². The summed E-state index contributed by atoms with van der Waals surface area (Å²) in [5, 5.41) is 0. The van der Waals surface area contributed by atoms with Crippen LogP contribution in [0.15, 0.2) is 30.9 Å².